The lowest BCUT2D eigenvalue weighted by molar-refractivity contribution is 0.102. The number of hydrogen-bond acceptors (Lipinski definition) is 6. The van der Waals surface area contributed by atoms with Gasteiger partial charge in [-0.1, -0.05) is 12.1 Å². The van der Waals surface area contributed by atoms with Crippen LogP contribution in [0.1, 0.15) is 27.3 Å². The molecule has 0 aliphatic carbocycles. The highest BCUT2D eigenvalue weighted by atomic mass is 32.1. The minimum Gasteiger partial charge on any atom is -0.495 e. The third-order valence-corrected chi connectivity index (χ3v) is 5.56. The van der Waals surface area contributed by atoms with Gasteiger partial charge < -0.3 is 9.64 Å². The van der Waals surface area contributed by atoms with Gasteiger partial charge in [0.15, 0.2) is 5.78 Å². The van der Waals surface area contributed by atoms with Gasteiger partial charge in [-0.3, -0.25) is 9.69 Å². The van der Waals surface area contributed by atoms with Crippen LogP contribution in [0, 0.1) is 6.92 Å². The zero-order valence-electron chi connectivity index (χ0n) is 14.4. The number of para-hydroxylation sites is 2. The molecule has 1 saturated heterocycles. The standard InChI is InChI=1S/C18H23N3O2S/c1-13-18(14(2)22)24-17(19-13)12-20-8-10-21(11-9-20)15-6-4-5-7-16(15)23-3/h4-7H,8-12H2,1-3H3. The first-order valence-electron chi connectivity index (χ1n) is 8.16. The molecule has 0 saturated carbocycles. The highest BCUT2D eigenvalue weighted by Gasteiger charge is 2.21. The summed E-state index contributed by atoms with van der Waals surface area (Å²) in [6.07, 6.45) is 0. The fourth-order valence-electron chi connectivity index (χ4n) is 3.08. The quantitative estimate of drug-likeness (QED) is 0.780. The number of nitrogens with zero attached hydrogens (tertiary/aromatic N) is 3. The molecule has 0 atom stereocenters. The predicted molar refractivity (Wildman–Crippen MR) is 97.3 cm³/mol. The number of methoxy groups -OCH3 is 1. The number of piperazine rings is 1. The molecule has 24 heavy (non-hydrogen) atoms. The smallest absolute Gasteiger partial charge is 0.171 e. The summed E-state index contributed by atoms with van der Waals surface area (Å²) in [6, 6.07) is 8.16. The summed E-state index contributed by atoms with van der Waals surface area (Å²) >= 11 is 1.53. The number of benzene rings is 1. The fourth-order valence-corrected chi connectivity index (χ4v) is 4.08. The molecule has 0 unspecified atom stereocenters. The van der Waals surface area contributed by atoms with Crippen LogP contribution in [-0.2, 0) is 6.54 Å². The Kier molecular flexibility index (Phi) is 5.16. The van der Waals surface area contributed by atoms with Crippen LogP contribution in [0.15, 0.2) is 24.3 Å². The molecule has 0 spiro atoms. The van der Waals surface area contributed by atoms with Gasteiger partial charge in [0.2, 0.25) is 0 Å². The molecule has 0 radical (unpaired) electrons. The van der Waals surface area contributed by atoms with E-state index < -0.39 is 0 Å². The van der Waals surface area contributed by atoms with E-state index in [1.54, 1.807) is 14.0 Å². The van der Waals surface area contributed by atoms with Gasteiger partial charge in [0.25, 0.3) is 0 Å². The van der Waals surface area contributed by atoms with Crippen molar-refractivity contribution in [2.75, 3.05) is 38.2 Å². The lowest BCUT2D eigenvalue weighted by Gasteiger charge is -2.36. The SMILES string of the molecule is COc1ccccc1N1CCN(Cc2nc(C)c(C(C)=O)s2)CC1. The van der Waals surface area contributed by atoms with E-state index in [-0.39, 0.29) is 5.78 Å². The van der Waals surface area contributed by atoms with Crippen LogP contribution >= 0.6 is 11.3 Å². The van der Waals surface area contributed by atoms with Gasteiger partial charge in [0.1, 0.15) is 10.8 Å². The normalized spacial score (nSPS) is 15.5. The van der Waals surface area contributed by atoms with Crippen molar-refractivity contribution in [2.24, 2.45) is 0 Å². The van der Waals surface area contributed by atoms with Crippen molar-refractivity contribution in [1.29, 1.82) is 0 Å². The molecule has 5 nitrogen and oxygen atoms in total. The Morgan fingerprint density at radius 1 is 1.25 bits per heavy atom. The average Bonchev–Trinajstić information content (AvgIpc) is 2.96. The number of ether oxygens (including phenoxy) is 1. The lowest BCUT2D eigenvalue weighted by Crippen LogP contribution is -2.46. The van der Waals surface area contributed by atoms with Crippen LogP contribution in [0.3, 0.4) is 0 Å². The number of anilines is 1. The average molecular weight is 345 g/mol. The van der Waals surface area contributed by atoms with Crippen LogP contribution in [0.4, 0.5) is 5.69 Å². The van der Waals surface area contributed by atoms with E-state index in [9.17, 15) is 4.79 Å². The van der Waals surface area contributed by atoms with E-state index in [4.69, 9.17) is 4.74 Å². The molecule has 3 rings (SSSR count). The minimum absolute atomic E-state index is 0.109. The number of Topliss-reactive ketones (excluding diaryl/α,β-unsaturated/α-hetero) is 1. The molecule has 0 N–H and O–H groups in total. The van der Waals surface area contributed by atoms with Crippen molar-refractivity contribution in [3.63, 3.8) is 0 Å². The Balaban J connectivity index is 1.61. The fraction of sp³-hybridized carbons (Fsp3) is 0.444. The molecule has 0 bridgehead atoms. The van der Waals surface area contributed by atoms with E-state index >= 15 is 0 Å². The van der Waals surface area contributed by atoms with Crippen LogP contribution < -0.4 is 9.64 Å². The van der Waals surface area contributed by atoms with Gasteiger partial charge >= 0.3 is 0 Å². The van der Waals surface area contributed by atoms with Crippen molar-refractivity contribution in [3.05, 3.63) is 39.8 Å². The summed E-state index contributed by atoms with van der Waals surface area (Å²) in [5.41, 5.74) is 2.01. The van der Waals surface area contributed by atoms with Gasteiger partial charge in [0, 0.05) is 33.1 Å². The van der Waals surface area contributed by atoms with E-state index in [1.165, 1.54) is 11.3 Å². The number of aromatic nitrogens is 1. The van der Waals surface area contributed by atoms with Crippen molar-refractivity contribution < 1.29 is 9.53 Å². The van der Waals surface area contributed by atoms with Crippen molar-refractivity contribution in [3.8, 4) is 5.75 Å². The van der Waals surface area contributed by atoms with E-state index in [2.05, 4.69) is 20.9 Å². The number of ketones is 1. The second kappa shape index (κ2) is 7.32. The summed E-state index contributed by atoms with van der Waals surface area (Å²) in [4.78, 5) is 21.7. The number of carbonyl (C=O) groups is 1. The van der Waals surface area contributed by atoms with Crippen molar-refractivity contribution in [2.45, 2.75) is 20.4 Å². The molecule has 1 aliphatic heterocycles. The van der Waals surface area contributed by atoms with Crippen LogP contribution in [0.2, 0.25) is 0 Å². The summed E-state index contributed by atoms with van der Waals surface area (Å²) in [7, 11) is 1.71. The Labute approximate surface area is 146 Å². The minimum atomic E-state index is 0.109. The summed E-state index contributed by atoms with van der Waals surface area (Å²) in [5.74, 6) is 1.03. The van der Waals surface area contributed by atoms with Gasteiger partial charge in [-0.25, -0.2) is 4.98 Å². The predicted octanol–water partition coefficient (Wildman–Crippen LogP) is 2.98. The van der Waals surface area contributed by atoms with E-state index in [0.29, 0.717) is 0 Å². The van der Waals surface area contributed by atoms with Crippen LogP contribution in [-0.4, -0.2) is 49.0 Å². The van der Waals surface area contributed by atoms with Gasteiger partial charge in [-0.15, -0.1) is 11.3 Å². The number of hydrogen-bond donors (Lipinski definition) is 0. The molecule has 1 fully saturated rings. The zero-order valence-corrected chi connectivity index (χ0v) is 15.2. The van der Waals surface area contributed by atoms with Crippen LogP contribution in [0.25, 0.3) is 0 Å². The topological polar surface area (TPSA) is 45.7 Å². The number of carbonyl (C=O) groups excluding carboxylic acids is 1. The maximum Gasteiger partial charge on any atom is 0.171 e. The first-order valence-corrected chi connectivity index (χ1v) is 8.97. The van der Waals surface area contributed by atoms with E-state index in [1.807, 2.05) is 25.1 Å². The number of aryl methyl sites for hydroxylation is 1. The second-order valence-electron chi connectivity index (χ2n) is 6.01. The molecule has 6 heteroatoms. The summed E-state index contributed by atoms with van der Waals surface area (Å²) in [6.45, 7) is 8.22. The molecule has 1 aliphatic rings. The number of thiazole rings is 1. The molecule has 2 aromatic rings. The third kappa shape index (κ3) is 3.60. The molecular weight excluding hydrogens is 322 g/mol. The Bertz CT molecular complexity index is 721. The maximum atomic E-state index is 11.6. The molecule has 1 aromatic heterocycles. The summed E-state index contributed by atoms with van der Waals surface area (Å²) < 4.78 is 5.46. The van der Waals surface area contributed by atoms with Gasteiger partial charge in [-0.05, 0) is 19.1 Å². The largest absolute Gasteiger partial charge is 0.495 e. The molecule has 0 amide bonds. The summed E-state index contributed by atoms with van der Waals surface area (Å²) in [5, 5.41) is 1.03. The lowest BCUT2D eigenvalue weighted by atomic mass is 10.2. The number of rotatable bonds is 5. The van der Waals surface area contributed by atoms with Gasteiger partial charge in [0.05, 0.1) is 29.9 Å². The molecule has 1 aromatic carbocycles. The second-order valence-corrected chi connectivity index (χ2v) is 7.10. The first kappa shape index (κ1) is 16.9. The van der Waals surface area contributed by atoms with Crippen molar-refractivity contribution in [1.82, 2.24) is 9.88 Å². The van der Waals surface area contributed by atoms with E-state index in [0.717, 1.165) is 59.7 Å². The Morgan fingerprint density at radius 2 is 1.96 bits per heavy atom. The Hall–Kier alpha value is -1.92. The first-order chi connectivity index (χ1) is 11.6. The maximum absolute atomic E-state index is 11.6. The highest BCUT2D eigenvalue weighted by molar-refractivity contribution is 7.13. The molecule has 128 valence electrons. The monoisotopic (exact) mass is 345 g/mol. The highest BCUT2D eigenvalue weighted by Crippen LogP contribution is 2.28. The zero-order chi connectivity index (χ0) is 17.1. The van der Waals surface area contributed by atoms with Crippen LogP contribution in [0.5, 0.6) is 5.75 Å². The Morgan fingerprint density at radius 3 is 2.58 bits per heavy atom. The molecule has 2 heterocycles. The van der Waals surface area contributed by atoms with Gasteiger partial charge in [-0.2, -0.15) is 0 Å². The van der Waals surface area contributed by atoms with Crippen molar-refractivity contribution >= 4 is 22.8 Å². The third-order valence-electron chi connectivity index (χ3n) is 4.32. The molecular formula is C18H23N3O2S.